The average molecular weight is 300 g/mol. The predicted molar refractivity (Wildman–Crippen MR) is 74.3 cm³/mol. The highest BCUT2D eigenvalue weighted by Gasteiger charge is 2.26. The zero-order chi connectivity index (χ0) is 12.5. The van der Waals surface area contributed by atoms with Crippen molar-refractivity contribution in [1.29, 1.82) is 0 Å². The molecule has 1 aromatic carbocycles. The molecule has 0 unspecified atom stereocenters. The maximum Gasteiger partial charge on any atom is 0.123 e. The van der Waals surface area contributed by atoms with Crippen molar-refractivity contribution in [2.75, 3.05) is 18.0 Å². The smallest absolute Gasteiger partial charge is 0.123 e. The maximum absolute atomic E-state index is 13.2. The molecule has 0 N–H and O–H groups in total. The molecule has 1 heterocycles. The molecule has 1 aromatic rings. The van der Waals surface area contributed by atoms with Crippen LogP contribution in [0, 0.1) is 11.2 Å². The summed E-state index contributed by atoms with van der Waals surface area (Å²) in [7, 11) is 0. The van der Waals surface area contributed by atoms with E-state index in [-0.39, 0.29) is 5.82 Å². The molecule has 1 aliphatic heterocycles. The molecule has 0 bridgehead atoms. The molecule has 0 aromatic heterocycles. The van der Waals surface area contributed by atoms with Gasteiger partial charge in [-0.05, 0) is 42.0 Å². The Bertz CT molecular complexity index is 393. The molecule has 0 radical (unpaired) electrons. The van der Waals surface area contributed by atoms with Gasteiger partial charge in [0.15, 0.2) is 0 Å². The molecule has 0 amide bonds. The van der Waals surface area contributed by atoms with E-state index in [1.807, 2.05) is 6.07 Å². The molecule has 1 saturated heterocycles. The van der Waals surface area contributed by atoms with E-state index in [9.17, 15) is 4.39 Å². The molecule has 0 aliphatic carbocycles. The van der Waals surface area contributed by atoms with E-state index >= 15 is 0 Å². The second-order valence-electron chi connectivity index (χ2n) is 5.56. The molecule has 0 saturated carbocycles. The van der Waals surface area contributed by atoms with Crippen molar-refractivity contribution in [2.45, 2.75) is 32.0 Å². The third-order valence-corrected chi connectivity index (χ3v) is 4.25. The Morgan fingerprint density at radius 3 is 2.53 bits per heavy atom. The summed E-state index contributed by atoms with van der Waals surface area (Å²) in [5.41, 5.74) is 2.67. The average Bonchev–Trinajstić information content (AvgIpc) is 2.29. The lowest BCUT2D eigenvalue weighted by Gasteiger charge is -2.39. The number of nitrogens with zero attached hydrogens (tertiary/aromatic N) is 1. The standard InChI is InChI=1S/C14H19BrFN/c1-14(2)5-7-17(8-6-14)13-4-3-12(16)9-11(13)10-15/h3-4,9H,5-8,10H2,1-2H3. The van der Waals surface area contributed by atoms with Gasteiger partial charge in [0.1, 0.15) is 5.82 Å². The van der Waals surface area contributed by atoms with Gasteiger partial charge in [0.05, 0.1) is 0 Å². The van der Waals surface area contributed by atoms with Crippen LogP contribution in [-0.4, -0.2) is 13.1 Å². The fourth-order valence-corrected chi connectivity index (χ4v) is 2.77. The van der Waals surface area contributed by atoms with Gasteiger partial charge in [-0.3, -0.25) is 0 Å². The number of hydrogen-bond acceptors (Lipinski definition) is 1. The van der Waals surface area contributed by atoms with Crippen LogP contribution in [0.5, 0.6) is 0 Å². The molecule has 0 atom stereocenters. The van der Waals surface area contributed by atoms with Crippen LogP contribution in [0.1, 0.15) is 32.3 Å². The van der Waals surface area contributed by atoms with E-state index in [1.54, 1.807) is 12.1 Å². The lowest BCUT2D eigenvalue weighted by molar-refractivity contribution is 0.279. The van der Waals surface area contributed by atoms with Crippen molar-refractivity contribution in [3.8, 4) is 0 Å². The first-order valence-electron chi connectivity index (χ1n) is 6.11. The number of anilines is 1. The molecule has 1 fully saturated rings. The van der Waals surface area contributed by atoms with E-state index in [2.05, 4.69) is 34.7 Å². The molecule has 94 valence electrons. The zero-order valence-corrected chi connectivity index (χ0v) is 12.1. The minimum Gasteiger partial charge on any atom is -0.371 e. The van der Waals surface area contributed by atoms with Gasteiger partial charge in [-0.25, -0.2) is 4.39 Å². The van der Waals surface area contributed by atoms with Crippen LogP contribution in [-0.2, 0) is 5.33 Å². The highest BCUT2D eigenvalue weighted by molar-refractivity contribution is 9.08. The summed E-state index contributed by atoms with van der Waals surface area (Å²) >= 11 is 3.44. The van der Waals surface area contributed by atoms with Crippen molar-refractivity contribution in [1.82, 2.24) is 0 Å². The maximum atomic E-state index is 13.2. The Hall–Kier alpha value is -0.570. The van der Waals surface area contributed by atoms with Crippen molar-refractivity contribution in [2.24, 2.45) is 5.41 Å². The number of hydrogen-bond donors (Lipinski definition) is 0. The molecular formula is C14H19BrFN. The third-order valence-electron chi connectivity index (χ3n) is 3.64. The van der Waals surface area contributed by atoms with E-state index in [0.29, 0.717) is 10.7 Å². The SMILES string of the molecule is CC1(C)CCN(c2ccc(F)cc2CBr)CC1. The Morgan fingerprint density at radius 1 is 1.29 bits per heavy atom. The van der Waals surface area contributed by atoms with E-state index in [4.69, 9.17) is 0 Å². The minimum atomic E-state index is -0.152. The van der Waals surface area contributed by atoms with Gasteiger partial charge in [-0.15, -0.1) is 0 Å². The topological polar surface area (TPSA) is 3.24 Å². The Labute approximate surface area is 111 Å². The van der Waals surface area contributed by atoms with E-state index < -0.39 is 0 Å². The van der Waals surface area contributed by atoms with Gasteiger partial charge in [-0.2, -0.15) is 0 Å². The van der Waals surface area contributed by atoms with Crippen molar-refractivity contribution in [3.63, 3.8) is 0 Å². The number of piperidine rings is 1. The van der Waals surface area contributed by atoms with Crippen LogP contribution in [0.4, 0.5) is 10.1 Å². The summed E-state index contributed by atoms with van der Waals surface area (Å²) in [4.78, 5) is 2.38. The van der Waals surface area contributed by atoms with Crippen molar-refractivity contribution >= 4 is 21.6 Å². The molecule has 3 heteroatoms. The fourth-order valence-electron chi connectivity index (χ4n) is 2.32. The summed E-state index contributed by atoms with van der Waals surface area (Å²) < 4.78 is 13.2. The monoisotopic (exact) mass is 299 g/mol. The molecule has 0 spiro atoms. The molecule has 1 aliphatic rings. The first-order chi connectivity index (χ1) is 8.02. The molecule has 2 rings (SSSR count). The lowest BCUT2D eigenvalue weighted by atomic mass is 9.82. The van der Waals surface area contributed by atoms with Gasteiger partial charge >= 0.3 is 0 Å². The summed E-state index contributed by atoms with van der Waals surface area (Å²) in [5, 5.41) is 0.708. The van der Waals surface area contributed by atoms with Crippen LogP contribution in [0.15, 0.2) is 18.2 Å². The molecule has 17 heavy (non-hydrogen) atoms. The summed E-state index contributed by atoms with van der Waals surface area (Å²) in [6, 6.07) is 5.09. The van der Waals surface area contributed by atoms with Crippen LogP contribution in [0.3, 0.4) is 0 Å². The van der Waals surface area contributed by atoms with E-state index in [1.165, 1.54) is 18.5 Å². The minimum absolute atomic E-state index is 0.152. The number of rotatable bonds is 2. The predicted octanol–water partition coefficient (Wildman–Crippen LogP) is 4.35. The van der Waals surface area contributed by atoms with Gasteiger partial charge in [-0.1, -0.05) is 29.8 Å². The number of alkyl halides is 1. The summed E-state index contributed by atoms with van der Waals surface area (Å²) in [5.74, 6) is -0.152. The Balaban J connectivity index is 2.18. The van der Waals surface area contributed by atoms with Gasteiger partial charge in [0.25, 0.3) is 0 Å². The Morgan fingerprint density at radius 2 is 1.94 bits per heavy atom. The second kappa shape index (κ2) is 4.97. The lowest BCUT2D eigenvalue weighted by Crippen LogP contribution is -2.37. The molecular weight excluding hydrogens is 281 g/mol. The van der Waals surface area contributed by atoms with Crippen molar-refractivity contribution < 1.29 is 4.39 Å². The van der Waals surface area contributed by atoms with Crippen LogP contribution < -0.4 is 4.90 Å². The van der Waals surface area contributed by atoms with Gasteiger partial charge < -0.3 is 4.90 Å². The van der Waals surface area contributed by atoms with Crippen LogP contribution in [0.2, 0.25) is 0 Å². The van der Waals surface area contributed by atoms with Crippen LogP contribution >= 0.6 is 15.9 Å². The zero-order valence-electron chi connectivity index (χ0n) is 10.5. The number of halogens is 2. The second-order valence-corrected chi connectivity index (χ2v) is 6.12. The van der Waals surface area contributed by atoms with Gasteiger partial charge in [0.2, 0.25) is 0 Å². The normalized spacial score (nSPS) is 19.4. The van der Waals surface area contributed by atoms with Crippen LogP contribution in [0.25, 0.3) is 0 Å². The van der Waals surface area contributed by atoms with E-state index in [0.717, 1.165) is 18.7 Å². The number of benzene rings is 1. The summed E-state index contributed by atoms with van der Waals surface area (Å²) in [6.45, 7) is 6.78. The van der Waals surface area contributed by atoms with Gasteiger partial charge in [0, 0.05) is 24.1 Å². The third kappa shape index (κ3) is 3.01. The quantitative estimate of drug-likeness (QED) is 0.734. The molecule has 1 nitrogen and oxygen atoms in total. The largest absolute Gasteiger partial charge is 0.371 e. The first-order valence-corrected chi connectivity index (χ1v) is 7.23. The highest BCUT2D eigenvalue weighted by atomic mass is 79.9. The highest BCUT2D eigenvalue weighted by Crippen LogP contribution is 2.34. The van der Waals surface area contributed by atoms with Crippen molar-refractivity contribution in [3.05, 3.63) is 29.6 Å². The Kier molecular flexibility index (Phi) is 3.76. The first kappa shape index (κ1) is 12.9. The fraction of sp³-hybridized carbons (Fsp3) is 0.571. The summed E-state index contributed by atoms with van der Waals surface area (Å²) in [6.07, 6.45) is 2.40.